The van der Waals surface area contributed by atoms with E-state index in [1.165, 1.54) is 5.56 Å². The van der Waals surface area contributed by atoms with Gasteiger partial charge in [-0.25, -0.2) is 0 Å². The Morgan fingerprint density at radius 3 is 2.56 bits per heavy atom. The fourth-order valence-electron chi connectivity index (χ4n) is 2.50. The molecule has 1 aliphatic heterocycles. The lowest BCUT2D eigenvalue weighted by molar-refractivity contribution is -0.119. The second-order valence-electron chi connectivity index (χ2n) is 4.86. The van der Waals surface area contributed by atoms with Gasteiger partial charge in [-0.05, 0) is 50.5 Å². The highest BCUT2D eigenvalue weighted by molar-refractivity contribution is 6.08. The maximum absolute atomic E-state index is 12.1. The smallest absolute Gasteiger partial charge is 0.238 e. The molecule has 1 heterocycles. The van der Waals surface area contributed by atoms with Crippen molar-refractivity contribution in [2.75, 3.05) is 5.32 Å². The number of hydrogen-bond acceptors (Lipinski definition) is 1. The first-order valence-corrected chi connectivity index (χ1v) is 5.46. The lowest BCUT2D eigenvalue weighted by Gasteiger charge is -2.24. The van der Waals surface area contributed by atoms with Crippen molar-refractivity contribution in [3.05, 3.63) is 41.0 Å². The van der Waals surface area contributed by atoms with Crippen LogP contribution >= 0.6 is 0 Å². The Kier molecular flexibility index (Phi) is 2.19. The molecule has 0 aromatic heterocycles. The fourth-order valence-corrected chi connectivity index (χ4v) is 2.50. The second kappa shape index (κ2) is 3.21. The lowest BCUT2D eigenvalue weighted by Crippen LogP contribution is -2.32. The highest BCUT2D eigenvalue weighted by atomic mass is 16.2. The van der Waals surface area contributed by atoms with Crippen molar-refractivity contribution in [3.8, 4) is 0 Å². The molecule has 0 aliphatic carbocycles. The Morgan fingerprint density at radius 2 is 2.00 bits per heavy atom. The van der Waals surface area contributed by atoms with E-state index >= 15 is 0 Å². The highest BCUT2D eigenvalue weighted by Gasteiger charge is 2.44. The van der Waals surface area contributed by atoms with E-state index in [0.717, 1.165) is 22.4 Å². The molecule has 0 fully saturated rings. The van der Waals surface area contributed by atoms with Crippen LogP contribution in [0.5, 0.6) is 0 Å². The molecule has 1 aromatic rings. The Morgan fingerprint density at radius 1 is 1.38 bits per heavy atom. The van der Waals surface area contributed by atoms with E-state index < -0.39 is 5.41 Å². The van der Waals surface area contributed by atoms with Gasteiger partial charge in [0.15, 0.2) is 0 Å². The Hall–Kier alpha value is -1.57. The zero-order valence-electron chi connectivity index (χ0n) is 10.3. The number of carbonyl (C=O) groups excluding carboxylic acids is 1. The maximum Gasteiger partial charge on any atom is 0.238 e. The summed E-state index contributed by atoms with van der Waals surface area (Å²) in [5.74, 6) is 0.0312. The molecule has 1 unspecified atom stereocenters. The molecule has 2 rings (SSSR count). The van der Waals surface area contributed by atoms with Crippen molar-refractivity contribution >= 4 is 11.6 Å². The van der Waals surface area contributed by atoms with Crippen LogP contribution in [0.25, 0.3) is 0 Å². The molecule has 1 amide bonds. The SMILES string of the molecule is C=C(C)C1(C)C(=O)Nc2cc(C)cc(C)c21. The van der Waals surface area contributed by atoms with E-state index in [0.29, 0.717) is 0 Å². The molecule has 1 aromatic carbocycles. The molecule has 0 saturated carbocycles. The van der Waals surface area contributed by atoms with Crippen LogP contribution in [0, 0.1) is 13.8 Å². The fraction of sp³-hybridized carbons (Fsp3) is 0.357. The topological polar surface area (TPSA) is 29.1 Å². The summed E-state index contributed by atoms with van der Waals surface area (Å²) in [6, 6.07) is 4.13. The summed E-state index contributed by atoms with van der Waals surface area (Å²) in [5, 5.41) is 2.95. The van der Waals surface area contributed by atoms with Crippen LogP contribution in [0.4, 0.5) is 5.69 Å². The van der Waals surface area contributed by atoms with Gasteiger partial charge in [-0.3, -0.25) is 4.79 Å². The molecule has 16 heavy (non-hydrogen) atoms. The number of aryl methyl sites for hydroxylation is 2. The largest absolute Gasteiger partial charge is 0.325 e. The molecule has 1 N–H and O–H groups in total. The minimum Gasteiger partial charge on any atom is -0.325 e. The van der Waals surface area contributed by atoms with E-state index in [-0.39, 0.29) is 5.91 Å². The monoisotopic (exact) mass is 215 g/mol. The quantitative estimate of drug-likeness (QED) is 0.717. The molecule has 2 heteroatoms. The first-order chi connectivity index (χ1) is 7.37. The van der Waals surface area contributed by atoms with Gasteiger partial charge < -0.3 is 5.32 Å². The van der Waals surface area contributed by atoms with E-state index in [9.17, 15) is 4.79 Å². The number of fused-ring (bicyclic) bond motifs is 1. The predicted molar refractivity (Wildman–Crippen MR) is 66.7 cm³/mol. The van der Waals surface area contributed by atoms with Crippen LogP contribution in [-0.2, 0) is 10.2 Å². The molecule has 1 atom stereocenters. The van der Waals surface area contributed by atoms with Gasteiger partial charge in [0.1, 0.15) is 0 Å². The summed E-state index contributed by atoms with van der Waals surface area (Å²) in [6.07, 6.45) is 0. The average molecular weight is 215 g/mol. The summed E-state index contributed by atoms with van der Waals surface area (Å²) in [6.45, 7) is 11.9. The number of nitrogens with one attached hydrogen (secondary N) is 1. The van der Waals surface area contributed by atoms with Gasteiger partial charge in [-0.1, -0.05) is 18.2 Å². The van der Waals surface area contributed by atoms with Crippen LogP contribution < -0.4 is 5.32 Å². The lowest BCUT2D eigenvalue weighted by atomic mass is 9.76. The second-order valence-corrected chi connectivity index (χ2v) is 4.86. The van der Waals surface area contributed by atoms with Gasteiger partial charge in [0.05, 0.1) is 5.41 Å². The third-order valence-electron chi connectivity index (χ3n) is 3.54. The molecule has 1 aliphatic rings. The molecular weight excluding hydrogens is 198 g/mol. The maximum atomic E-state index is 12.1. The minimum absolute atomic E-state index is 0.0312. The normalized spacial score (nSPS) is 22.9. The molecule has 0 radical (unpaired) electrons. The van der Waals surface area contributed by atoms with Gasteiger partial charge in [0.25, 0.3) is 0 Å². The summed E-state index contributed by atoms with van der Waals surface area (Å²) < 4.78 is 0. The standard InChI is InChI=1S/C14H17NO/c1-8(2)14(5)12-10(4)6-9(3)7-11(12)15-13(14)16/h6-7H,1H2,2-5H3,(H,15,16). The van der Waals surface area contributed by atoms with Crippen molar-refractivity contribution in [2.45, 2.75) is 33.1 Å². The van der Waals surface area contributed by atoms with E-state index in [4.69, 9.17) is 0 Å². The van der Waals surface area contributed by atoms with Gasteiger partial charge in [-0.15, -0.1) is 0 Å². The third-order valence-corrected chi connectivity index (χ3v) is 3.54. The summed E-state index contributed by atoms with van der Waals surface area (Å²) in [7, 11) is 0. The summed E-state index contributed by atoms with van der Waals surface area (Å²) >= 11 is 0. The van der Waals surface area contributed by atoms with Crippen LogP contribution in [0.15, 0.2) is 24.3 Å². The third kappa shape index (κ3) is 1.22. The Balaban J connectivity index is 2.75. The van der Waals surface area contributed by atoms with E-state index in [2.05, 4.69) is 18.0 Å². The first-order valence-electron chi connectivity index (χ1n) is 5.46. The van der Waals surface area contributed by atoms with Gasteiger partial charge in [0.2, 0.25) is 5.91 Å². The zero-order valence-corrected chi connectivity index (χ0v) is 10.3. The van der Waals surface area contributed by atoms with Crippen LogP contribution in [0.2, 0.25) is 0 Å². The van der Waals surface area contributed by atoms with Crippen LogP contribution in [0.3, 0.4) is 0 Å². The molecule has 84 valence electrons. The highest BCUT2D eigenvalue weighted by Crippen LogP contribution is 2.44. The number of benzene rings is 1. The van der Waals surface area contributed by atoms with Crippen molar-refractivity contribution in [1.82, 2.24) is 0 Å². The van der Waals surface area contributed by atoms with E-state index in [1.54, 1.807) is 0 Å². The number of hydrogen-bond donors (Lipinski definition) is 1. The number of anilines is 1. The minimum atomic E-state index is -0.576. The number of rotatable bonds is 1. The number of amides is 1. The Labute approximate surface area is 96.4 Å². The molecule has 0 bridgehead atoms. The van der Waals surface area contributed by atoms with Crippen molar-refractivity contribution < 1.29 is 4.79 Å². The van der Waals surface area contributed by atoms with Crippen LogP contribution in [-0.4, -0.2) is 5.91 Å². The molecule has 0 spiro atoms. The van der Waals surface area contributed by atoms with Crippen molar-refractivity contribution in [1.29, 1.82) is 0 Å². The van der Waals surface area contributed by atoms with Crippen LogP contribution in [0.1, 0.15) is 30.5 Å². The molecule has 2 nitrogen and oxygen atoms in total. The van der Waals surface area contributed by atoms with Gasteiger partial charge >= 0.3 is 0 Å². The first kappa shape index (κ1) is 10.9. The number of carbonyl (C=O) groups is 1. The summed E-state index contributed by atoms with van der Waals surface area (Å²) in [5.41, 5.74) is 4.65. The predicted octanol–water partition coefficient (Wildman–Crippen LogP) is 3.09. The summed E-state index contributed by atoms with van der Waals surface area (Å²) in [4.78, 5) is 12.1. The average Bonchev–Trinajstić information content (AvgIpc) is 2.39. The van der Waals surface area contributed by atoms with Gasteiger partial charge in [0, 0.05) is 5.69 Å². The molecule has 0 saturated heterocycles. The van der Waals surface area contributed by atoms with Crippen molar-refractivity contribution in [2.24, 2.45) is 0 Å². The molecular formula is C14H17NO. The Bertz CT molecular complexity index is 502. The van der Waals surface area contributed by atoms with Crippen molar-refractivity contribution in [3.63, 3.8) is 0 Å². The van der Waals surface area contributed by atoms with Gasteiger partial charge in [-0.2, -0.15) is 0 Å². The van der Waals surface area contributed by atoms with E-state index in [1.807, 2.05) is 33.8 Å². The zero-order chi connectivity index (χ0) is 12.1.